The molecule has 2 nitrogen and oxygen atoms in total. The molecule has 0 fully saturated rings. The number of hydrogen-bond donors (Lipinski definition) is 2. The van der Waals surface area contributed by atoms with Gasteiger partial charge in [0.25, 0.3) is 0 Å². The molecule has 0 saturated heterocycles. The van der Waals surface area contributed by atoms with Gasteiger partial charge in [0.1, 0.15) is 5.92 Å². The van der Waals surface area contributed by atoms with E-state index in [0.29, 0.717) is 0 Å². The van der Waals surface area contributed by atoms with Crippen LogP contribution < -0.4 is 5.32 Å². The van der Waals surface area contributed by atoms with E-state index >= 15 is 0 Å². The van der Waals surface area contributed by atoms with Crippen molar-refractivity contribution >= 4 is 18.5 Å². The summed E-state index contributed by atoms with van der Waals surface area (Å²) in [5, 5.41) is 2.25. The van der Waals surface area contributed by atoms with Gasteiger partial charge in [0.2, 0.25) is 5.91 Å². The predicted molar refractivity (Wildman–Crippen MR) is 61.7 cm³/mol. The second-order valence-electron chi connectivity index (χ2n) is 3.48. The third-order valence-corrected chi connectivity index (χ3v) is 2.57. The summed E-state index contributed by atoms with van der Waals surface area (Å²) in [6.45, 7) is 0.0834. The van der Waals surface area contributed by atoms with Crippen molar-refractivity contribution < 1.29 is 18.0 Å². The molecule has 1 rings (SSSR count). The first-order valence-corrected chi connectivity index (χ1v) is 5.57. The first kappa shape index (κ1) is 13.9. The van der Waals surface area contributed by atoms with E-state index in [9.17, 15) is 18.0 Å². The molecular weight excluding hydrogens is 251 g/mol. The maximum absolute atomic E-state index is 12.4. The number of rotatable bonds is 4. The van der Waals surface area contributed by atoms with Gasteiger partial charge in [0, 0.05) is 12.3 Å². The normalized spacial score (nSPS) is 13.2. The van der Waals surface area contributed by atoms with Crippen LogP contribution in [0.25, 0.3) is 0 Å². The zero-order valence-electron chi connectivity index (χ0n) is 8.87. The van der Waals surface area contributed by atoms with Crippen LogP contribution in [-0.2, 0) is 11.3 Å². The van der Waals surface area contributed by atoms with Gasteiger partial charge in [0.05, 0.1) is 0 Å². The second-order valence-corrected chi connectivity index (χ2v) is 3.85. The largest absolute Gasteiger partial charge is 0.401 e. The van der Waals surface area contributed by atoms with Crippen LogP contribution in [0.15, 0.2) is 30.3 Å². The number of halogens is 3. The van der Waals surface area contributed by atoms with E-state index < -0.39 is 23.8 Å². The molecule has 1 atom stereocenters. The Balaban J connectivity index is 2.55. The van der Waals surface area contributed by atoms with E-state index in [2.05, 4.69) is 17.9 Å². The summed E-state index contributed by atoms with van der Waals surface area (Å²) in [4.78, 5) is 11.3. The molecule has 0 aliphatic carbocycles. The lowest BCUT2D eigenvalue weighted by atomic mass is 10.1. The van der Waals surface area contributed by atoms with Crippen LogP contribution in [0.2, 0.25) is 0 Å². The fourth-order valence-electron chi connectivity index (χ4n) is 1.24. The number of benzene rings is 1. The van der Waals surface area contributed by atoms with Gasteiger partial charge >= 0.3 is 6.18 Å². The highest BCUT2D eigenvalue weighted by molar-refractivity contribution is 7.80. The minimum atomic E-state index is -4.55. The smallest absolute Gasteiger partial charge is 0.351 e. The predicted octanol–water partition coefficient (Wildman–Crippen LogP) is 2.41. The van der Waals surface area contributed by atoms with Crippen molar-refractivity contribution in [3.8, 4) is 0 Å². The maximum atomic E-state index is 12.4. The number of hydrogen-bond acceptors (Lipinski definition) is 2. The Morgan fingerprint density at radius 2 is 1.88 bits per heavy atom. The lowest BCUT2D eigenvalue weighted by Gasteiger charge is -2.17. The lowest BCUT2D eigenvalue weighted by Crippen LogP contribution is -2.40. The van der Waals surface area contributed by atoms with Gasteiger partial charge in [-0.15, -0.1) is 0 Å². The van der Waals surface area contributed by atoms with Crippen molar-refractivity contribution in [2.24, 2.45) is 5.92 Å². The zero-order valence-corrected chi connectivity index (χ0v) is 9.76. The standard InChI is InChI=1S/C11H12F3NOS/c12-11(13,14)9(7-17)10(16)15-6-8-4-2-1-3-5-8/h1-5,9,17H,6-7H2,(H,15,16)/t9-/m1/s1. The van der Waals surface area contributed by atoms with E-state index in [4.69, 9.17) is 0 Å². The highest BCUT2D eigenvalue weighted by Gasteiger charge is 2.43. The van der Waals surface area contributed by atoms with Crippen LogP contribution in [-0.4, -0.2) is 17.8 Å². The maximum Gasteiger partial charge on any atom is 0.401 e. The number of carbonyl (C=O) groups excluding carboxylic acids is 1. The van der Waals surface area contributed by atoms with Gasteiger partial charge in [-0.3, -0.25) is 4.79 Å². The molecular formula is C11H12F3NOS. The Morgan fingerprint density at radius 1 is 1.29 bits per heavy atom. The highest BCUT2D eigenvalue weighted by Crippen LogP contribution is 2.27. The van der Waals surface area contributed by atoms with Gasteiger partial charge in [-0.25, -0.2) is 0 Å². The molecule has 1 N–H and O–H groups in total. The molecule has 0 saturated carbocycles. The molecule has 0 spiro atoms. The average molecular weight is 263 g/mol. The Bertz CT molecular complexity index is 367. The molecule has 17 heavy (non-hydrogen) atoms. The summed E-state index contributed by atoms with van der Waals surface area (Å²) in [5.41, 5.74) is 0.751. The molecule has 6 heteroatoms. The van der Waals surface area contributed by atoms with Crippen LogP contribution in [0.1, 0.15) is 5.56 Å². The molecule has 1 amide bonds. The quantitative estimate of drug-likeness (QED) is 0.803. The molecule has 0 aliphatic rings. The first-order chi connectivity index (χ1) is 7.95. The fraction of sp³-hybridized carbons (Fsp3) is 0.364. The molecule has 94 valence electrons. The van der Waals surface area contributed by atoms with E-state index in [1.807, 2.05) is 0 Å². The van der Waals surface area contributed by atoms with E-state index in [0.717, 1.165) is 5.56 Å². The number of alkyl halides is 3. The molecule has 0 bridgehead atoms. The number of thiol groups is 1. The van der Waals surface area contributed by atoms with Gasteiger partial charge < -0.3 is 5.32 Å². The number of amides is 1. The number of carbonyl (C=O) groups is 1. The lowest BCUT2D eigenvalue weighted by molar-refractivity contribution is -0.177. The average Bonchev–Trinajstić information content (AvgIpc) is 2.27. The van der Waals surface area contributed by atoms with Crippen LogP contribution in [0.3, 0.4) is 0 Å². The fourth-order valence-corrected chi connectivity index (χ4v) is 1.62. The van der Waals surface area contributed by atoms with Crippen LogP contribution in [0.4, 0.5) is 13.2 Å². The van der Waals surface area contributed by atoms with Crippen LogP contribution >= 0.6 is 12.6 Å². The Labute approximate surface area is 103 Å². The van der Waals surface area contributed by atoms with Gasteiger partial charge in [-0.1, -0.05) is 30.3 Å². The highest BCUT2D eigenvalue weighted by atomic mass is 32.1. The molecule has 0 unspecified atom stereocenters. The molecule has 1 aromatic rings. The van der Waals surface area contributed by atoms with Crippen molar-refractivity contribution in [1.82, 2.24) is 5.32 Å². The second kappa shape index (κ2) is 5.95. The van der Waals surface area contributed by atoms with Crippen molar-refractivity contribution in [2.45, 2.75) is 12.7 Å². The van der Waals surface area contributed by atoms with E-state index in [1.165, 1.54) is 0 Å². The summed E-state index contributed by atoms with van der Waals surface area (Å²) >= 11 is 3.55. The Kier molecular flexibility index (Phi) is 4.86. The van der Waals surface area contributed by atoms with Gasteiger partial charge in [-0.2, -0.15) is 25.8 Å². The van der Waals surface area contributed by atoms with Crippen molar-refractivity contribution in [2.75, 3.05) is 5.75 Å². The summed E-state index contributed by atoms with van der Waals surface area (Å²) in [6.07, 6.45) is -4.55. The van der Waals surface area contributed by atoms with Crippen molar-refractivity contribution in [3.05, 3.63) is 35.9 Å². The zero-order chi connectivity index (χ0) is 12.9. The van der Waals surface area contributed by atoms with E-state index in [1.54, 1.807) is 30.3 Å². The van der Waals surface area contributed by atoms with Gasteiger partial charge in [0.15, 0.2) is 0 Å². The third kappa shape index (κ3) is 4.30. The minimum Gasteiger partial charge on any atom is -0.351 e. The minimum absolute atomic E-state index is 0.0834. The number of nitrogens with one attached hydrogen (secondary N) is 1. The Morgan fingerprint density at radius 3 is 2.35 bits per heavy atom. The summed E-state index contributed by atoms with van der Waals surface area (Å²) in [5.74, 6) is -3.66. The molecule has 1 aromatic carbocycles. The summed E-state index contributed by atoms with van der Waals surface area (Å²) in [7, 11) is 0. The first-order valence-electron chi connectivity index (χ1n) is 4.94. The molecule has 0 heterocycles. The SMILES string of the molecule is O=C(NCc1ccccc1)[C@@H](CS)C(F)(F)F. The van der Waals surface area contributed by atoms with Crippen molar-refractivity contribution in [3.63, 3.8) is 0 Å². The van der Waals surface area contributed by atoms with Crippen LogP contribution in [0, 0.1) is 5.92 Å². The molecule has 0 aromatic heterocycles. The van der Waals surface area contributed by atoms with Crippen LogP contribution in [0.5, 0.6) is 0 Å². The summed E-state index contributed by atoms with van der Waals surface area (Å²) < 4.78 is 37.2. The topological polar surface area (TPSA) is 29.1 Å². The summed E-state index contributed by atoms with van der Waals surface area (Å²) in [6, 6.07) is 8.74. The molecule has 0 aliphatic heterocycles. The van der Waals surface area contributed by atoms with E-state index in [-0.39, 0.29) is 6.54 Å². The molecule has 0 radical (unpaired) electrons. The monoisotopic (exact) mass is 263 g/mol. The van der Waals surface area contributed by atoms with Crippen molar-refractivity contribution in [1.29, 1.82) is 0 Å². The van der Waals surface area contributed by atoms with Gasteiger partial charge in [-0.05, 0) is 5.56 Å². The third-order valence-electron chi connectivity index (χ3n) is 2.20. The Hall–Kier alpha value is -1.17.